The second-order valence-corrected chi connectivity index (χ2v) is 6.91. The molecule has 0 fully saturated rings. The first kappa shape index (κ1) is 18.1. The SMILES string of the molecule is O=C(C[C@@]1(O)C(=O)N(CCc2ccccc2)c2ccccc21)c1ccncc1. The number of aliphatic hydroxyl groups is 1. The lowest BCUT2D eigenvalue weighted by Crippen LogP contribution is -2.42. The van der Waals surface area contributed by atoms with Crippen LogP contribution in [0.2, 0.25) is 0 Å². The van der Waals surface area contributed by atoms with Crippen LogP contribution in [0.25, 0.3) is 0 Å². The van der Waals surface area contributed by atoms with E-state index in [1.54, 1.807) is 29.2 Å². The molecule has 28 heavy (non-hydrogen) atoms. The van der Waals surface area contributed by atoms with E-state index in [9.17, 15) is 14.7 Å². The summed E-state index contributed by atoms with van der Waals surface area (Å²) in [5.74, 6) is -0.745. The average Bonchev–Trinajstić information content (AvgIpc) is 2.95. The molecule has 0 saturated carbocycles. The maximum atomic E-state index is 13.2. The van der Waals surface area contributed by atoms with Crippen molar-refractivity contribution >= 4 is 17.4 Å². The first-order chi connectivity index (χ1) is 13.6. The molecular formula is C23H20N2O3. The largest absolute Gasteiger partial charge is 0.375 e. The van der Waals surface area contributed by atoms with Gasteiger partial charge in [-0.15, -0.1) is 0 Å². The van der Waals surface area contributed by atoms with Crippen LogP contribution in [0.3, 0.4) is 0 Å². The average molecular weight is 372 g/mol. The summed E-state index contributed by atoms with van der Waals surface area (Å²) in [5.41, 5.74) is 0.824. The lowest BCUT2D eigenvalue weighted by Gasteiger charge is -2.23. The zero-order valence-corrected chi connectivity index (χ0v) is 15.3. The van der Waals surface area contributed by atoms with E-state index >= 15 is 0 Å². The normalized spacial score (nSPS) is 18.2. The third kappa shape index (κ3) is 3.21. The Morgan fingerprint density at radius 1 is 0.964 bits per heavy atom. The fraction of sp³-hybridized carbons (Fsp3) is 0.174. The Labute approximate surface area is 163 Å². The minimum Gasteiger partial charge on any atom is -0.375 e. The molecule has 3 aromatic rings. The number of rotatable bonds is 6. The van der Waals surface area contributed by atoms with Crippen molar-refractivity contribution in [3.63, 3.8) is 0 Å². The second-order valence-electron chi connectivity index (χ2n) is 6.91. The van der Waals surface area contributed by atoms with E-state index in [-0.39, 0.29) is 12.2 Å². The molecule has 0 radical (unpaired) electrons. The van der Waals surface area contributed by atoms with Crippen molar-refractivity contribution in [3.8, 4) is 0 Å². The van der Waals surface area contributed by atoms with Gasteiger partial charge in [0.1, 0.15) is 0 Å². The Morgan fingerprint density at radius 2 is 1.64 bits per heavy atom. The summed E-state index contributed by atoms with van der Waals surface area (Å²) in [5, 5.41) is 11.3. The topological polar surface area (TPSA) is 70.5 Å². The number of para-hydroxylation sites is 1. The number of anilines is 1. The molecule has 0 unspecified atom stereocenters. The Kier molecular flexibility index (Phi) is 4.75. The first-order valence-corrected chi connectivity index (χ1v) is 9.20. The van der Waals surface area contributed by atoms with Crippen LogP contribution in [0, 0.1) is 0 Å². The van der Waals surface area contributed by atoms with E-state index in [0.717, 1.165) is 5.56 Å². The van der Waals surface area contributed by atoms with Crippen LogP contribution in [0.1, 0.15) is 27.9 Å². The Hall–Kier alpha value is -3.31. The minimum atomic E-state index is -1.85. The second kappa shape index (κ2) is 7.37. The lowest BCUT2D eigenvalue weighted by molar-refractivity contribution is -0.135. The van der Waals surface area contributed by atoms with Crippen molar-refractivity contribution in [2.24, 2.45) is 0 Å². The molecule has 140 valence electrons. The number of aromatic nitrogens is 1. The molecule has 5 nitrogen and oxygen atoms in total. The van der Waals surface area contributed by atoms with Crippen molar-refractivity contribution in [1.82, 2.24) is 4.98 Å². The van der Waals surface area contributed by atoms with Gasteiger partial charge in [-0.1, -0.05) is 48.5 Å². The molecule has 4 rings (SSSR count). The van der Waals surface area contributed by atoms with Crippen molar-refractivity contribution in [3.05, 3.63) is 95.8 Å². The number of hydrogen-bond donors (Lipinski definition) is 1. The fourth-order valence-electron chi connectivity index (χ4n) is 3.66. The number of carbonyl (C=O) groups excluding carboxylic acids is 2. The molecule has 5 heteroatoms. The highest BCUT2D eigenvalue weighted by molar-refractivity contribution is 6.10. The number of hydrogen-bond acceptors (Lipinski definition) is 4. The van der Waals surface area contributed by atoms with Gasteiger partial charge in [0.05, 0.1) is 12.1 Å². The summed E-state index contributed by atoms with van der Waals surface area (Å²) in [6.45, 7) is 0.436. The first-order valence-electron chi connectivity index (χ1n) is 9.20. The maximum Gasteiger partial charge on any atom is 0.264 e. The number of fused-ring (bicyclic) bond motifs is 1. The van der Waals surface area contributed by atoms with Crippen LogP contribution in [0.5, 0.6) is 0 Å². The molecule has 1 N–H and O–H groups in total. The molecule has 1 amide bonds. The predicted octanol–water partition coefficient (Wildman–Crippen LogP) is 3.13. The number of pyridine rings is 1. The fourth-order valence-corrected chi connectivity index (χ4v) is 3.66. The van der Waals surface area contributed by atoms with Crippen LogP contribution in [0.15, 0.2) is 79.1 Å². The number of carbonyl (C=O) groups is 2. The van der Waals surface area contributed by atoms with Gasteiger partial charge in [-0.05, 0) is 30.2 Å². The molecule has 1 aliphatic rings. The highest BCUT2D eigenvalue weighted by atomic mass is 16.3. The van der Waals surface area contributed by atoms with Gasteiger partial charge in [-0.3, -0.25) is 14.6 Å². The van der Waals surface area contributed by atoms with Gasteiger partial charge in [0.25, 0.3) is 5.91 Å². The van der Waals surface area contributed by atoms with Crippen LogP contribution < -0.4 is 4.90 Å². The van der Waals surface area contributed by atoms with Crippen LogP contribution >= 0.6 is 0 Å². The van der Waals surface area contributed by atoms with Crippen LogP contribution in [0.4, 0.5) is 5.69 Å². The van der Waals surface area contributed by atoms with Gasteiger partial charge < -0.3 is 10.0 Å². The van der Waals surface area contributed by atoms with Crippen molar-refractivity contribution in [2.45, 2.75) is 18.4 Å². The van der Waals surface area contributed by atoms with Crippen molar-refractivity contribution < 1.29 is 14.7 Å². The van der Waals surface area contributed by atoms with Crippen molar-refractivity contribution in [1.29, 1.82) is 0 Å². The lowest BCUT2D eigenvalue weighted by atomic mass is 9.88. The molecule has 0 saturated heterocycles. The summed E-state index contributed by atoms with van der Waals surface area (Å²) >= 11 is 0. The zero-order valence-electron chi connectivity index (χ0n) is 15.3. The van der Waals surface area contributed by atoms with Gasteiger partial charge in [-0.25, -0.2) is 0 Å². The van der Waals surface area contributed by atoms with E-state index in [0.29, 0.717) is 29.8 Å². The number of Topliss-reactive ketones (excluding diaryl/α,β-unsaturated/α-hetero) is 1. The van der Waals surface area contributed by atoms with Gasteiger partial charge in [0, 0.05) is 30.1 Å². The standard InChI is InChI=1S/C23H20N2O3/c26-21(18-10-13-24-14-11-18)16-23(28)19-8-4-5-9-20(19)25(22(23)27)15-12-17-6-2-1-3-7-17/h1-11,13-14,28H,12,15-16H2/t23-/m0/s1. The monoisotopic (exact) mass is 372 g/mol. The molecule has 0 bridgehead atoms. The van der Waals surface area contributed by atoms with E-state index in [4.69, 9.17) is 0 Å². The number of nitrogens with zero attached hydrogens (tertiary/aromatic N) is 2. The molecule has 2 aromatic carbocycles. The van der Waals surface area contributed by atoms with Gasteiger partial charge in [-0.2, -0.15) is 0 Å². The summed E-state index contributed by atoms with van der Waals surface area (Å²) in [6.07, 6.45) is 3.41. The molecule has 1 atom stereocenters. The third-order valence-electron chi connectivity index (χ3n) is 5.12. The number of ketones is 1. The maximum absolute atomic E-state index is 13.2. The molecule has 0 spiro atoms. The van der Waals surface area contributed by atoms with Gasteiger partial charge >= 0.3 is 0 Å². The zero-order chi connectivity index (χ0) is 19.6. The Bertz CT molecular complexity index is 1000. The summed E-state index contributed by atoms with van der Waals surface area (Å²) in [6, 6.07) is 20.2. The van der Waals surface area contributed by atoms with Gasteiger partial charge in [0.15, 0.2) is 11.4 Å². The summed E-state index contributed by atoms with van der Waals surface area (Å²) < 4.78 is 0. The summed E-state index contributed by atoms with van der Waals surface area (Å²) in [4.78, 5) is 31.4. The molecule has 1 aliphatic heterocycles. The molecular weight excluding hydrogens is 352 g/mol. The number of benzene rings is 2. The summed E-state index contributed by atoms with van der Waals surface area (Å²) in [7, 11) is 0. The smallest absolute Gasteiger partial charge is 0.264 e. The Morgan fingerprint density at radius 3 is 2.39 bits per heavy atom. The molecule has 1 aromatic heterocycles. The predicted molar refractivity (Wildman–Crippen MR) is 106 cm³/mol. The number of amides is 1. The molecule has 0 aliphatic carbocycles. The quantitative estimate of drug-likeness (QED) is 0.675. The van der Waals surface area contributed by atoms with E-state index in [1.807, 2.05) is 42.5 Å². The third-order valence-corrected chi connectivity index (χ3v) is 5.12. The van der Waals surface area contributed by atoms with Crippen LogP contribution in [-0.4, -0.2) is 28.3 Å². The van der Waals surface area contributed by atoms with Gasteiger partial charge in [0.2, 0.25) is 0 Å². The minimum absolute atomic E-state index is 0.294. The molecule has 2 heterocycles. The Balaban J connectivity index is 1.61. The van der Waals surface area contributed by atoms with E-state index in [2.05, 4.69) is 4.98 Å². The van der Waals surface area contributed by atoms with E-state index < -0.39 is 11.5 Å². The highest BCUT2D eigenvalue weighted by Gasteiger charge is 2.50. The highest BCUT2D eigenvalue weighted by Crippen LogP contribution is 2.42. The van der Waals surface area contributed by atoms with E-state index in [1.165, 1.54) is 12.4 Å². The van der Waals surface area contributed by atoms with Crippen molar-refractivity contribution in [2.75, 3.05) is 11.4 Å². The van der Waals surface area contributed by atoms with Crippen LogP contribution in [-0.2, 0) is 16.8 Å².